The Hall–Kier alpha value is 2.71. The van der Waals surface area contributed by atoms with Gasteiger partial charge in [-0.3, -0.25) is 0 Å². The summed E-state index contributed by atoms with van der Waals surface area (Å²) in [6, 6.07) is 0. The molecule has 0 aromatic carbocycles. The van der Waals surface area contributed by atoms with Crippen LogP contribution in [-0.2, 0) is 46.4 Å². The van der Waals surface area contributed by atoms with Crippen LogP contribution in [0.5, 0.6) is 0 Å². The van der Waals surface area contributed by atoms with E-state index in [1.54, 1.807) is 0 Å². The average molecular weight is 606 g/mol. The van der Waals surface area contributed by atoms with Gasteiger partial charge in [-0.15, -0.1) is 0 Å². The molecule has 1 aliphatic heterocycles. The molecule has 0 N–H and O–H groups in total. The van der Waals surface area contributed by atoms with E-state index >= 15 is 0 Å². The fraction of sp³-hybridized carbons (Fsp3) is 0. The maximum Gasteiger partial charge on any atom is 2.00 e. The summed E-state index contributed by atoms with van der Waals surface area (Å²) in [6.45, 7) is 0. The van der Waals surface area contributed by atoms with Crippen molar-refractivity contribution in [3.05, 3.63) is 0 Å². The normalized spacial score (nSPS) is 13.6. The first-order valence-corrected chi connectivity index (χ1v) is 8.63. The van der Waals surface area contributed by atoms with Crippen molar-refractivity contribution in [2.45, 2.75) is 0 Å². The summed E-state index contributed by atoms with van der Waals surface area (Å²) in [5.74, 6) is 0. The topological polar surface area (TPSA) is 98.7 Å². The molecule has 0 aromatic heterocycles. The summed E-state index contributed by atoms with van der Waals surface area (Å²) in [4.78, 5) is 0. The Labute approximate surface area is 104 Å². The van der Waals surface area contributed by atoms with E-state index in [-0.39, 0.29) is 27.3 Å². The largest absolute Gasteiger partial charge is 2.00 e. The van der Waals surface area contributed by atoms with E-state index in [1.165, 1.54) is 0 Å². The van der Waals surface area contributed by atoms with Crippen LogP contribution in [0.1, 0.15) is 0 Å². The monoisotopic (exact) mass is 608 g/mol. The van der Waals surface area contributed by atoms with E-state index in [4.69, 9.17) is 10.7 Å². The minimum absolute atomic E-state index is 0. The van der Waals surface area contributed by atoms with Crippen LogP contribution < -0.4 is 7.38 Å². The fourth-order valence-corrected chi connectivity index (χ4v) is 2.74. The van der Waals surface area contributed by atoms with Gasteiger partial charge in [0.2, 0.25) is 0 Å². The van der Waals surface area contributed by atoms with Crippen LogP contribution in [0.4, 0.5) is 0 Å². The van der Waals surface area contributed by atoms with Gasteiger partial charge in [-0.05, 0) is 0 Å². The molecule has 1 fully saturated rings. The minimum Gasteiger partial charge on any atom is 2.00 e. The van der Waals surface area contributed by atoms with Crippen molar-refractivity contribution < 1.29 is 53.8 Å². The Balaban J connectivity index is 0. The standard InChI is InChI=1S/6O.2Pb.2Ti/q;;;;2*-1;;+2;;. The number of hydrogen-bond donors (Lipinski definition) is 0. The second-order valence-electron chi connectivity index (χ2n) is 0.787. The van der Waals surface area contributed by atoms with Gasteiger partial charge < -0.3 is 0 Å². The Morgan fingerprint density at radius 3 is 1.60 bits per heavy atom. The quantitative estimate of drug-likeness (QED) is 0.266. The Morgan fingerprint density at radius 2 is 1.60 bits per heavy atom. The van der Waals surface area contributed by atoms with Crippen molar-refractivity contribution >= 4 is 52.4 Å². The molecule has 0 amide bonds. The first-order chi connectivity index (χ1) is 4.13. The van der Waals surface area contributed by atoms with Crippen LogP contribution in [0.25, 0.3) is 0 Å². The zero-order valence-corrected chi connectivity index (χ0v) is 15.3. The third kappa shape index (κ3) is 13.3. The predicted octanol–water partition coefficient (Wildman–Crippen LogP) is -3.52. The van der Waals surface area contributed by atoms with Crippen LogP contribution in [0.15, 0.2) is 0 Å². The van der Waals surface area contributed by atoms with Crippen molar-refractivity contribution in [3.8, 4) is 0 Å². The van der Waals surface area contributed by atoms with Gasteiger partial charge in [-0.25, -0.2) is 0 Å². The summed E-state index contributed by atoms with van der Waals surface area (Å²) in [7, 11) is 0. The van der Waals surface area contributed by atoms with Crippen molar-refractivity contribution in [1.82, 2.24) is 0 Å². The second kappa shape index (κ2) is 9.80. The molecule has 1 aliphatic rings. The first kappa shape index (κ1) is 15.2. The van der Waals surface area contributed by atoms with E-state index < -0.39 is 62.4 Å². The molecule has 0 aliphatic carbocycles. The fourth-order valence-electron chi connectivity index (χ4n) is 0.0757. The SMILES string of the molecule is [O]=[Ti]([O-])[O-].[O]=[Ti]1[O][Pb][O]1.[Pb+2]. The van der Waals surface area contributed by atoms with E-state index in [0.717, 1.165) is 0 Å². The van der Waals surface area contributed by atoms with Gasteiger partial charge in [0.1, 0.15) is 0 Å². The van der Waals surface area contributed by atoms with Crippen molar-refractivity contribution in [2.24, 2.45) is 0 Å². The molecule has 0 atom stereocenters. The van der Waals surface area contributed by atoms with Crippen LogP contribution in [-0.4, -0.2) is 52.4 Å². The Bertz CT molecular complexity index is 113. The molecule has 52 valence electrons. The maximum absolute atomic E-state index is 9.75. The van der Waals surface area contributed by atoms with E-state index in [9.17, 15) is 3.32 Å². The molecule has 0 saturated carbocycles. The van der Waals surface area contributed by atoms with E-state index in [2.05, 4.69) is 2.54 Å². The summed E-state index contributed by atoms with van der Waals surface area (Å²) in [6.07, 6.45) is 0. The molecule has 0 aromatic rings. The zero-order valence-electron chi connectivity index (χ0n) is 4.45. The molecule has 0 bridgehead atoms. The van der Waals surface area contributed by atoms with Crippen LogP contribution in [0.2, 0.25) is 0 Å². The van der Waals surface area contributed by atoms with Gasteiger partial charge in [0.05, 0.1) is 0 Å². The zero-order chi connectivity index (χ0) is 7.28. The molecular weight excluding hydrogens is 606 g/mol. The summed E-state index contributed by atoms with van der Waals surface area (Å²) >= 11 is -7.48. The second-order valence-corrected chi connectivity index (χ2v) is 10.2. The Kier molecular flexibility index (Phi) is 14.9. The van der Waals surface area contributed by atoms with Gasteiger partial charge in [0.25, 0.3) is 0 Å². The van der Waals surface area contributed by atoms with Gasteiger partial charge in [-0.2, -0.15) is 0 Å². The summed E-state index contributed by atoms with van der Waals surface area (Å²) < 4.78 is 44.5. The van der Waals surface area contributed by atoms with E-state index in [0.29, 0.717) is 0 Å². The number of rotatable bonds is 0. The molecule has 1 heterocycles. The van der Waals surface area contributed by atoms with Crippen molar-refractivity contribution in [2.75, 3.05) is 0 Å². The van der Waals surface area contributed by atoms with Crippen LogP contribution in [0.3, 0.4) is 0 Å². The predicted molar refractivity (Wildman–Crippen MR) is 15.1 cm³/mol. The van der Waals surface area contributed by atoms with Gasteiger partial charge in [0.15, 0.2) is 0 Å². The smallest absolute Gasteiger partial charge is 2.00 e. The number of hydrogen-bond acceptors (Lipinski definition) is 6. The van der Waals surface area contributed by atoms with Gasteiger partial charge in [0, 0.05) is 0 Å². The third-order valence-electron chi connectivity index (χ3n) is 0.250. The van der Waals surface area contributed by atoms with Crippen LogP contribution in [0, 0.1) is 0 Å². The summed E-state index contributed by atoms with van der Waals surface area (Å²) in [5.41, 5.74) is 0. The van der Waals surface area contributed by atoms with Gasteiger partial charge >= 0.3 is 106 Å². The average Bonchev–Trinajstić information content (AvgIpc) is 1.59. The Morgan fingerprint density at radius 1 is 1.40 bits per heavy atom. The molecule has 4 radical (unpaired) electrons. The van der Waals surface area contributed by atoms with Crippen LogP contribution >= 0.6 is 0 Å². The molecular formula is O6Pb2Ti2. The van der Waals surface area contributed by atoms with Gasteiger partial charge in [-0.1, -0.05) is 0 Å². The first-order valence-electron chi connectivity index (χ1n) is 1.63. The molecule has 1 rings (SSSR count). The molecule has 6 nitrogen and oxygen atoms in total. The molecule has 0 spiro atoms. The minimum atomic E-state index is -4.08. The maximum atomic E-state index is 9.75. The molecule has 10 heavy (non-hydrogen) atoms. The van der Waals surface area contributed by atoms with E-state index in [1.807, 2.05) is 0 Å². The third-order valence-corrected chi connectivity index (χ3v) is 9.05. The van der Waals surface area contributed by atoms with Crippen molar-refractivity contribution in [3.63, 3.8) is 0 Å². The molecule has 0 unspecified atom stereocenters. The molecule has 1 saturated heterocycles. The summed E-state index contributed by atoms with van der Waals surface area (Å²) in [5, 5.41) is 0. The van der Waals surface area contributed by atoms with Crippen molar-refractivity contribution in [1.29, 1.82) is 0 Å². The molecule has 10 heteroatoms.